The Morgan fingerprint density at radius 2 is 1.66 bits per heavy atom. The van der Waals surface area contributed by atoms with Crippen molar-refractivity contribution in [3.05, 3.63) is 29.8 Å². The normalized spacial score (nSPS) is 14.7. The van der Waals surface area contributed by atoms with Crippen LogP contribution in [-0.4, -0.2) is 62.5 Å². The number of aliphatic hydroxyl groups excluding tert-OH is 1. The number of carbonyl (C=O) groups excluding carboxylic acids is 2. The molecule has 0 saturated carbocycles. The summed E-state index contributed by atoms with van der Waals surface area (Å²) in [4.78, 5) is 25.7. The first kappa shape index (κ1) is 33.9. The molecule has 8 heteroatoms. The third-order valence-corrected chi connectivity index (χ3v) is 7.14. The number of methoxy groups -OCH3 is 1. The van der Waals surface area contributed by atoms with Gasteiger partial charge in [0.25, 0.3) is 5.91 Å². The van der Waals surface area contributed by atoms with E-state index in [9.17, 15) is 14.7 Å². The van der Waals surface area contributed by atoms with E-state index in [0.29, 0.717) is 50.5 Å². The number of benzene rings is 1. The van der Waals surface area contributed by atoms with Crippen molar-refractivity contribution in [1.29, 1.82) is 0 Å². The smallest absolute Gasteiger partial charge is 0.255 e. The van der Waals surface area contributed by atoms with Crippen molar-refractivity contribution in [3.8, 4) is 5.75 Å². The number of rotatable bonds is 20. The minimum Gasteiger partial charge on any atom is -0.493 e. The van der Waals surface area contributed by atoms with Gasteiger partial charge in [0.2, 0.25) is 5.91 Å². The van der Waals surface area contributed by atoms with Gasteiger partial charge in [0.05, 0.1) is 18.3 Å². The summed E-state index contributed by atoms with van der Waals surface area (Å²) in [6, 6.07) is 6.75. The van der Waals surface area contributed by atoms with Crippen molar-refractivity contribution in [2.45, 2.75) is 85.3 Å². The standard InChI is InChI=1S/C30H53N3O5/c1-7-8-15-32-30(36)25(22(4)5)19-27(34)26(31)18-23(21(2)3)20-33-29(35)24-13-9-10-14-28(24)38-17-12-11-16-37-6/h9-10,13-14,21-23,25-27,34H,7-8,11-12,15-20,31H2,1-6H3,(H,32,36)(H,33,35). The molecule has 0 saturated heterocycles. The van der Waals surface area contributed by atoms with Gasteiger partial charge >= 0.3 is 0 Å². The van der Waals surface area contributed by atoms with E-state index in [4.69, 9.17) is 15.2 Å². The van der Waals surface area contributed by atoms with Gasteiger partial charge in [-0.3, -0.25) is 9.59 Å². The van der Waals surface area contributed by atoms with Crippen molar-refractivity contribution >= 4 is 11.8 Å². The average Bonchev–Trinajstić information content (AvgIpc) is 2.88. The molecule has 0 aliphatic carbocycles. The first-order chi connectivity index (χ1) is 18.1. The average molecular weight is 536 g/mol. The topological polar surface area (TPSA) is 123 Å². The van der Waals surface area contributed by atoms with E-state index in [1.54, 1.807) is 19.2 Å². The fraction of sp³-hybridized carbons (Fsp3) is 0.733. The van der Waals surface area contributed by atoms with Gasteiger partial charge in [-0.2, -0.15) is 0 Å². The first-order valence-electron chi connectivity index (χ1n) is 14.3. The number of para-hydroxylation sites is 1. The molecule has 1 aromatic rings. The maximum Gasteiger partial charge on any atom is 0.255 e. The minimum absolute atomic E-state index is 0.0213. The molecule has 5 N–H and O–H groups in total. The van der Waals surface area contributed by atoms with E-state index in [1.807, 2.05) is 26.0 Å². The van der Waals surface area contributed by atoms with Crippen LogP contribution in [0.25, 0.3) is 0 Å². The number of unbranched alkanes of at least 4 members (excludes halogenated alkanes) is 2. The van der Waals surface area contributed by atoms with Crippen LogP contribution in [0.5, 0.6) is 5.75 Å². The predicted octanol–water partition coefficient (Wildman–Crippen LogP) is 4.15. The Kier molecular flexibility index (Phi) is 16.9. The summed E-state index contributed by atoms with van der Waals surface area (Å²) in [7, 11) is 1.68. The molecular weight excluding hydrogens is 482 g/mol. The van der Waals surface area contributed by atoms with E-state index in [2.05, 4.69) is 31.4 Å². The number of aliphatic hydroxyl groups is 1. The van der Waals surface area contributed by atoms with Gasteiger partial charge in [-0.25, -0.2) is 0 Å². The molecule has 8 nitrogen and oxygen atoms in total. The molecule has 218 valence electrons. The van der Waals surface area contributed by atoms with Crippen LogP contribution < -0.4 is 21.1 Å². The first-order valence-corrected chi connectivity index (χ1v) is 14.3. The molecular formula is C30H53N3O5. The third kappa shape index (κ3) is 12.6. The van der Waals surface area contributed by atoms with Crippen molar-refractivity contribution in [1.82, 2.24) is 10.6 Å². The fourth-order valence-corrected chi connectivity index (χ4v) is 4.36. The van der Waals surface area contributed by atoms with E-state index in [1.165, 1.54) is 0 Å². The lowest BCUT2D eigenvalue weighted by molar-refractivity contribution is -0.127. The number of hydrogen-bond acceptors (Lipinski definition) is 6. The van der Waals surface area contributed by atoms with Crippen LogP contribution in [0.2, 0.25) is 0 Å². The maximum absolute atomic E-state index is 13.0. The molecule has 0 spiro atoms. The highest BCUT2D eigenvalue weighted by molar-refractivity contribution is 5.96. The fourth-order valence-electron chi connectivity index (χ4n) is 4.36. The maximum atomic E-state index is 13.0. The van der Waals surface area contributed by atoms with E-state index < -0.39 is 12.1 Å². The summed E-state index contributed by atoms with van der Waals surface area (Å²) >= 11 is 0. The monoisotopic (exact) mass is 535 g/mol. The third-order valence-electron chi connectivity index (χ3n) is 7.14. The minimum atomic E-state index is -0.802. The quantitative estimate of drug-likeness (QED) is 0.186. The lowest BCUT2D eigenvalue weighted by Gasteiger charge is -2.30. The van der Waals surface area contributed by atoms with E-state index in [-0.39, 0.29) is 35.5 Å². The summed E-state index contributed by atoms with van der Waals surface area (Å²) in [5, 5.41) is 16.9. The zero-order valence-corrected chi connectivity index (χ0v) is 24.5. The van der Waals surface area contributed by atoms with Crippen LogP contribution in [0.15, 0.2) is 24.3 Å². The van der Waals surface area contributed by atoms with Crippen LogP contribution >= 0.6 is 0 Å². The molecule has 0 aliphatic rings. The molecule has 0 heterocycles. The van der Waals surface area contributed by atoms with E-state index >= 15 is 0 Å². The number of hydrogen-bond donors (Lipinski definition) is 4. The van der Waals surface area contributed by atoms with Crippen LogP contribution in [0.3, 0.4) is 0 Å². The molecule has 1 rings (SSSR count). The SMILES string of the molecule is CCCCNC(=O)C(CC(O)C(N)CC(CNC(=O)c1ccccc1OCCCCOC)C(C)C)C(C)C. The van der Waals surface area contributed by atoms with Gasteiger partial charge in [-0.1, -0.05) is 53.2 Å². The van der Waals surface area contributed by atoms with Crippen LogP contribution in [0.4, 0.5) is 0 Å². The Balaban J connectivity index is 2.70. The summed E-state index contributed by atoms with van der Waals surface area (Å²) in [5.74, 6) is 0.470. The second-order valence-electron chi connectivity index (χ2n) is 11.0. The van der Waals surface area contributed by atoms with E-state index in [0.717, 1.165) is 25.7 Å². The molecule has 4 atom stereocenters. The van der Waals surface area contributed by atoms with Gasteiger partial charge < -0.3 is 30.9 Å². The van der Waals surface area contributed by atoms with Crippen LogP contribution in [-0.2, 0) is 9.53 Å². The summed E-state index contributed by atoms with van der Waals surface area (Å²) in [5.41, 5.74) is 6.93. The number of ether oxygens (including phenoxy) is 2. The summed E-state index contributed by atoms with van der Waals surface area (Å²) in [6.07, 6.45) is 3.75. The van der Waals surface area contributed by atoms with Crippen molar-refractivity contribution < 1.29 is 24.2 Å². The lowest BCUT2D eigenvalue weighted by Crippen LogP contribution is -2.44. The van der Waals surface area contributed by atoms with Gasteiger partial charge in [0, 0.05) is 38.8 Å². The molecule has 0 fully saturated rings. The Hall–Kier alpha value is -2.16. The zero-order chi connectivity index (χ0) is 28.5. The molecule has 1 aromatic carbocycles. The molecule has 4 unspecified atom stereocenters. The number of nitrogens with one attached hydrogen (secondary N) is 2. The van der Waals surface area contributed by atoms with Crippen LogP contribution in [0.1, 0.15) is 83.5 Å². The van der Waals surface area contributed by atoms with Crippen molar-refractivity contribution in [2.24, 2.45) is 29.4 Å². The second-order valence-corrected chi connectivity index (χ2v) is 11.0. The molecule has 38 heavy (non-hydrogen) atoms. The highest BCUT2D eigenvalue weighted by atomic mass is 16.5. The largest absolute Gasteiger partial charge is 0.493 e. The summed E-state index contributed by atoms with van der Waals surface area (Å²) < 4.78 is 10.9. The predicted molar refractivity (Wildman–Crippen MR) is 153 cm³/mol. The number of nitrogens with two attached hydrogens (primary N) is 1. The van der Waals surface area contributed by atoms with Gasteiger partial charge in [0.1, 0.15) is 5.75 Å². The summed E-state index contributed by atoms with van der Waals surface area (Å²) in [6.45, 7) is 12.5. The van der Waals surface area contributed by atoms with Gasteiger partial charge in [-0.05, 0) is 62.0 Å². The highest BCUT2D eigenvalue weighted by Crippen LogP contribution is 2.24. The molecule has 0 bridgehead atoms. The molecule has 0 aromatic heterocycles. The Morgan fingerprint density at radius 1 is 0.974 bits per heavy atom. The molecule has 2 amide bonds. The van der Waals surface area contributed by atoms with Gasteiger partial charge in [-0.15, -0.1) is 0 Å². The highest BCUT2D eigenvalue weighted by Gasteiger charge is 2.29. The molecule has 0 radical (unpaired) electrons. The Labute approximate surface area is 230 Å². The number of carbonyl (C=O) groups is 2. The van der Waals surface area contributed by atoms with Crippen molar-refractivity contribution in [2.75, 3.05) is 33.4 Å². The van der Waals surface area contributed by atoms with Crippen LogP contribution in [0, 0.1) is 23.7 Å². The lowest BCUT2D eigenvalue weighted by atomic mass is 9.83. The number of amides is 2. The second kappa shape index (κ2) is 19.0. The Bertz CT molecular complexity index is 802. The Morgan fingerprint density at radius 3 is 2.29 bits per heavy atom. The van der Waals surface area contributed by atoms with Gasteiger partial charge in [0.15, 0.2) is 0 Å². The molecule has 0 aliphatic heterocycles. The zero-order valence-electron chi connectivity index (χ0n) is 24.5. The van der Waals surface area contributed by atoms with Crippen molar-refractivity contribution in [3.63, 3.8) is 0 Å².